The van der Waals surface area contributed by atoms with Crippen molar-refractivity contribution < 1.29 is 9.59 Å². The van der Waals surface area contributed by atoms with E-state index in [-0.39, 0.29) is 22.9 Å². The van der Waals surface area contributed by atoms with Crippen LogP contribution in [0.2, 0.25) is 0 Å². The fourth-order valence-corrected chi connectivity index (χ4v) is 5.73. The van der Waals surface area contributed by atoms with Gasteiger partial charge in [0.15, 0.2) is 0 Å². The summed E-state index contributed by atoms with van der Waals surface area (Å²) in [6.07, 6.45) is 17.8. The number of nitrogens with one attached hydrogen (secondary N) is 1. The van der Waals surface area contributed by atoms with E-state index < -0.39 is 0 Å². The van der Waals surface area contributed by atoms with Gasteiger partial charge in [-0.05, 0) is 52.9 Å². The number of rotatable bonds is 13. The molecule has 2 aliphatic rings. The Morgan fingerprint density at radius 3 is 1.62 bits per heavy atom. The predicted octanol–water partition coefficient (Wildman–Crippen LogP) is 5.98. The summed E-state index contributed by atoms with van der Waals surface area (Å²) in [6.45, 7) is 10.1. The predicted molar refractivity (Wildman–Crippen MR) is 121 cm³/mol. The van der Waals surface area contributed by atoms with Crippen LogP contribution in [0.3, 0.4) is 0 Å². The second-order valence-electron chi connectivity index (χ2n) is 10.9. The van der Waals surface area contributed by atoms with Crippen molar-refractivity contribution in [2.45, 2.75) is 135 Å². The van der Waals surface area contributed by atoms with Gasteiger partial charge in [0, 0.05) is 30.5 Å². The first-order valence-corrected chi connectivity index (χ1v) is 12.3. The SMILES string of the molecule is CC1(C)CC(CCCCCCCCCCCCN2C(=O)CCC2=O)CC(C)(C)N1. The highest BCUT2D eigenvalue weighted by Crippen LogP contribution is 2.35. The molecule has 0 atom stereocenters. The molecule has 2 heterocycles. The van der Waals surface area contributed by atoms with Crippen LogP contribution in [0.25, 0.3) is 0 Å². The Hall–Kier alpha value is -0.900. The van der Waals surface area contributed by atoms with E-state index in [1.54, 1.807) is 0 Å². The van der Waals surface area contributed by atoms with E-state index >= 15 is 0 Å². The Kier molecular flexibility index (Phi) is 9.65. The molecule has 1 N–H and O–H groups in total. The molecule has 2 rings (SSSR count). The van der Waals surface area contributed by atoms with E-state index in [9.17, 15) is 9.59 Å². The van der Waals surface area contributed by atoms with Gasteiger partial charge in [-0.2, -0.15) is 0 Å². The molecule has 4 nitrogen and oxygen atoms in total. The molecule has 0 aromatic rings. The molecule has 0 aliphatic carbocycles. The quantitative estimate of drug-likeness (QED) is 0.302. The highest BCUT2D eigenvalue weighted by molar-refractivity contribution is 6.01. The van der Waals surface area contributed by atoms with Gasteiger partial charge < -0.3 is 5.32 Å². The van der Waals surface area contributed by atoms with Crippen LogP contribution >= 0.6 is 0 Å². The van der Waals surface area contributed by atoms with Crippen LogP contribution in [0.15, 0.2) is 0 Å². The van der Waals surface area contributed by atoms with Gasteiger partial charge >= 0.3 is 0 Å². The number of hydrogen-bond acceptors (Lipinski definition) is 3. The molecule has 29 heavy (non-hydrogen) atoms. The molecule has 2 saturated heterocycles. The normalized spacial score (nSPS) is 21.9. The van der Waals surface area contributed by atoms with E-state index in [2.05, 4.69) is 33.0 Å². The van der Waals surface area contributed by atoms with Crippen LogP contribution in [0, 0.1) is 5.92 Å². The van der Waals surface area contributed by atoms with Crippen molar-refractivity contribution in [2.75, 3.05) is 6.54 Å². The molecule has 4 heteroatoms. The Labute approximate surface area is 179 Å². The maximum absolute atomic E-state index is 11.5. The summed E-state index contributed by atoms with van der Waals surface area (Å²) in [5.74, 6) is 0.942. The number of nitrogens with zero attached hydrogens (tertiary/aromatic N) is 1. The Balaban J connectivity index is 1.38. The lowest BCUT2D eigenvalue weighted by atomic mass is 9.74. The van der Waals surface area contributed by atoms with Gasteiger partial charge in [-0.3, -0.25) is 14.5 Å². The minimum atomic E-state index is 0.0302. The standard InChI is InChI=1S/C25H46N2O2/c1-24(2)19-21(20-25(3,4)26-24)15-13-11-9-7-5-6-8-10-12-14-18-27-22(28)16-17-23(27)29/h21,26H,5-20H2,1-4H3. The van der Waals surface area contributed by atoms with Crippen LogP contribution < -0.4 is 5.32 Å². The average Bonchev–Trinajstić information content (AvgIpc) is 2.91. The molecule has 0 radical (unpaired) electrons. The molecule has 2 fully saturated rings. The van der Waals surface area contributed by atoms with Crippen LogP contribution in [0.5, 0.6) is 0 Å². The summed E-state index contributed by atoms with van der Waals surface area (Å²) in [5, 5.41) is 3.79. The summed E-state index contributed by atoms with van der Waals surface area (Å²) in [6, 6.07) is 0. The lowest BCUT2D eigenvalue weighted by Crippen LogP contribution is -2.57. The summed E-state index contributed by atoms with van der Waals surface area (Å²) in [7, 11) is 0. The molecular formula is C25H46N2O2. The Bertz CT molecular complexity index is 495. The third kappa shape index (κ3) is 9.19. The molecule has 0 unspecified atom stereocenters. The summed E-state index contributed by atoms with van der Waals surface area (Å²) < 4.78 is 0. The highest BCUT2D eigenvalue weighted by Gasteiger charge is 2.37. The first kappa shape index (κ1) is 24.4. The van der Waals surface area contributed by atoms with Crippen molar-refractivity contribution in [1.29, 1.82) is 0 Å². The third-order valence-electron chi connectivity index (χ3n) is 6.67. The van der Waals surface area contributed by atoms with Gasteiger partial charge in [0.2, 0.25) is 11.8 Å². The van der Waals surface area contributed by atoms with Crippen molar-refractivity contribution in [3.63, 3.8) is 0 Å². The second-order valence-corrected chi connectivity index (χ2v) is 10.9. The number of amides is 2. The minimum absolute atomic E-state index is 0.0302. The topological polar surface area (TPSA) is 49.4 Å². The monoisotopic (exact) mass is 406 g/mol. The number of piperidine rings is 1. The van der Waals surface area contributed by atoms with Gasteiger partial charge in [-0.1, -0.05) is 64.2 Å². The number of carbonyl (C=O) groups is 2. The summed E-state index contributed by atoms with van der Waals surface area (Å²) in [4.78, 5) is 24.6. The van der Waals surface area contributed by atoms with E-state index in [0.717, 1.165) is 18.8 Å². The number of hydrogen-bond donors (Lipinski definition) is 1. The molecule has 0 saturated carbocycles. The summed E-state index contributed by atoms with van der Waals surface area (Å²) >= 11 is 0. The van der Waals surface area contributed by atoms with Crippen LogP contribution in [-0.2, 0) is 9.59 Å². The minimum Gasteiger partial charge on any atom is -0.307 e. The van der Waals surface area contributed by atoms with Gasteiger partial charge in [0.1, 0.15) is 0 Å². The number of likely N-dealkylation sites (tertiary alicyclic amines) is 1. The van der Waals surface area contributed by atoms with Crippen LogP contribution in [-0.4, -0.2) is 34.3 Å². The highest BCUT2D eigenvalue weighted by atomic mass is 16.2. The lowest BCUT2D eigenvalue weighted by Gasteiger charge is -2.46. The van der Waals surface area contributed by atoms with E-state index in [1.807, 2.05) is 0 Å². The molecule has 0 spiro atoms. The Morgan fingerprint density at radius 2 is 1.14 bits per heavy atom. The summed E-state index contributed by atoms with van der Waals surface area (Å²) in [5.41, 5.74) is 0.567. The van der Waals surface area contributed by atoms with Crippen molar-refractivity contribution in [3.05, 3.63) is 0 Å². The maximum atomic E-state index is 11.5. The zero-order chi connectivity index (χ0) is 21.3. The average molecular weight is 407 g/mol. The van der Waals surface area contributed by atoms with Crippen molar-refractivity contribution in [3.8, 4) is 0 Å². The van der Waals surface area contributed by atoms with Crippen molar-refractivity contribution >= 4 is 11.8 Å². The third-order valence-corrected chi connectivity index (χ3v) is 6.67. The largest absolute Gasteiger partial charge is 0.307 e. The van der Waals surface area contributed by atoms with Gasteiger partial charge in [0.05, 0.1) is 0 Å². The van der Waals surface area contributed by atoms with Gasteiger partial charge in [-0.15, -0.1) is 0 Å². The molecule has 0 bridgehead atoms. The van der Waals surface area contributed by atoms with Gasteiger partial charge in [0.25, 0.3) is 0 Å². The number of carbonyl (C=O) groups excluding carboxylic acids is 2. The smallest absolute Gasteiger partial charge is 0.229 e. The molecule has 0 aromatic heterocycles. The Morgan fingerprint density at radius 1 is 0.724 bits per heavy atom. The first-order valence-electron chi connectivity index (χ1n) is 12.3. The zero-order valence-corrected chi connectivity index (χ0v) is 19.7. The fourth-order valence-electron chi connectivity index (χ4n) is 5.73. The first-order chi connectivity index (χ1) is 13.7. The van der Waals surface area contributed by atoms with E-state index in [0.29, 0.717) is 19.4 Å². The molecular weight excluding hydrogens is 360 g/mol. The molecule has 2 amide bonds. The number of unbranched alkanes of at least 4 members (excludes halogenated alkanes) is 9. The lowest BCUT2D eigenvalue weighted by molar-refractivity contribution is -0.138. The molecule has 2 aliphatic heterocycles. The fraction of sp³-hybridized carbons (Fsp3) is 0.920. The van der Waals surface area contributed by atoms with Crippen molar-refractivity contribution in [1.82, 2.24) is 10.2 Å². The van der Waals surface area contributed by atoms with Crippen LogP contribution in [0.1, 0.15) is 124 Å². The van der Waals surface area contributed by atoms with E-state index in [4.69, 9.17) is 0 Å². The van der Waals surface area contributed by atoms with Crippen LogP contribution in [0.4, 0.5) is 0 Å². The van der Waals surface area contributed by atoms with Gasteiger partial charge in [-0.25, -0.2) is 0 Å². The molecule has 168 valence electrons. The van der Waals surface area contributed by atoms with E-state index in [1.165, 1.54) is 75.5 Å². The maximum Gasteiger partial charge on any atom is 0.229 e. The second kappa shape index (κ2) is 11.5. The zero-order valence-electron chi connectivity index (χ0n) is 19.7. The molecule has 0 aromatic carbocycles. The van der Waals surface area contributed by atoms with Crippen molar-refractivity contribution in [2.24, 2.45) is 5.92 Å². The number of imide groups is 1.